The molecule has 1 aromatic rings. The van der Waals surface area contributed by atoms with Crippen molar-refractivity contribution in [2.75, 3.05) is 53.0 Å². The van der Waals surface area contributed by atoms with E-state index in [0.29, 0.717) is 0 Å². The SMILES string of the molecule is CN=C(NCc1cnc(C)s1)N1CCN(CC2CCOC2)CC1.I. The monoisotopic (exact) mass is 465 g/mol. The Kier molecular flexibility index (Phi) is 8.18. The van der Waals surface area contributed by atoms with Crippen LogP contribution in [0.15, 0.2) is 11.2 Å². The van der Waals surface area contributed by atoms with E-state index in [1.165, 1.54) is 17.8 Å². The molecule has 0 spiro atoms. The highest BCUT2D eigenvalue weighted by Gasteiger charge is 2.23. The Morgan fingerprint density at radius 3 is 2.79 bits per heavy atom. The van der Waals surface area contributed by atoms with E-state index in [1.54, 1.807) is 11.3 Å². The van der Waals surface area contributed by atoms with E-state index in [1.807, 2.05) is 20.2 Å². The van der Waals surface area contributed by atoms with Crippen LogP contribution < -0.4 is 5.32 Å². The maximum absolute atomic E-state index is 5.48. The lowest BCUT2D eigenvalue weighted by Crippen LogP contribution is -2.53. The normalized spacial score (nSPS) is 22.5. The predicted octanol–water partition coefficient (Wildman–Crippen LogP) is 1.80. The highest BCUT2D eigenvalue weighted by molar-refractivity contribution is 14.0. The van der Waals surface area contributed by atoms with E-state index >= 15 is 0 Å². The number of nitrogens with zero attached hydrogens (tertiary/aromatic N) is 4. The lowest BCUT2D eigenvalue weighted by Gasteiger charge is -2.37. The smallest absolute Gasteiger partial charge is 0.194 e. The molecule has 2 aliphatic heterocycles. The van der Waals surface area contributed by atoms with Crippen molar-refractivity contribution in [2.24, 2.45) is 10.9 Å². The maximum Gasteiger partial charge on any atom is 0.194 e. The van der Waals surface area contributed by atoms with Crippen LogP contribution in [-0.2, 0) is 11.3 Å². The van der Waals surface area contributed by atoms with Gasteiger partial charge in [-0.2, -0.15) is 0 Å². The molecule has 24 heavy (non-hydrogen) atoms. The molecule has 1 N–H and O–H groups in total. The molecule has 136 valence electrons. The fourth-order valence-electron chi connectivity index (χ4n) is 3.22. The maximum atomic E-state index is 5.48. The lowest BCUT2D eigenvalue weighted by molar-refractivity contribution is 0.139. The first-order chi connectivity index (χ1) is 11.2. The average Bonchev–Trinajstić information content (AvgIpc) is 3.21. The number of rotatable bonds is 4. The van der Waals surface area contributed by atoms with Gasteiger partial charge in [0.05, 0.1) is 18.2 Å². The zero-order valence-corrected chi connectivity index (χ0v) is 17.7. The van der Waals surface area contributed by atoms with E-state index < -0.39 is 0 Å². The number of aromatic nitrogens is 1. The van der Waals surface area contributed by atoms with Crippen LogP contribution >= 0.6 is 35.3 Å². The number of aryl methyl sites for hydroxylation is 1. The fourth-order valence-corrected chi connectivity index (χ4v) is 3.95. The van der Waals surface area contributed by atoms with Gasteiger partial charge in [-0.1, -0.05) is 0 Å². The molecule has 3 rings (SSSR count). The van der Waals surface area contributed by atoms with Gasteiger partial charge in [-0.3, -0.25) is 9.89 Å². The van der Waals surface area contributed by atoms with Crippen molar-refractivity contribution < 1.29 is 4.74 Å². The van der Waals surface area contributed by atoms with Crippen LogP contribution in [0.1, 0.15) is 16.3 Å². The van der Waals surface area contributed by atoms with Crippen molar-refractivity contribution in [3.63, 3.8) is 0 Å². The summed E-state index contributed by atoms with van der Waals surface area (Å²) in [4.78, 5) is 14.9. The first-order valence-electron chi connectivity index (χ1n) is 8.41. The molecule has 6 nitrogen and oxygen atoms in total. The number of hydrogen-bond acceptors (Lipinski definition) is 5. The Labute approximate surface area is 165 Å². The third kappa shape index (κ3) is 5.53. The average molecular weight is 465 g/mol. The summed E-state index contributed by atoms with van der Waals surface area (Å²) >= 11 is 1.74. The third-order valence-electron chi connectivity index (χ3n) is 4.51. The lowest BCUT2D eigenvalue weighted by atomic mass is 10.1. The molecule has 1 aromatic heterocycles. The molecule has 2 fully saturated rings. The summed E-state index contributed by atoms with van der Waals surface area (Å²) in [6, 6.07) is 0. The minimum atomic E-state index is 0. The van der Waals surface area contributed by atoms with Gasteiger partial charge in [0.1, 0.15) is 0 Å². The summed E-state index contributed by atoms with van der Waals surface area (Å²) in [5.41, 5.74) is 0. The van der Waals surface area contributed by atoms with Gasteiger partial charge in [-0.05, 0) is 19.3 Å². The van der Waals surface area contributed by atoms with Gasteiger partial charge in [0.25, 0.3) is 0 Å². The van der Waals surface area contributed by atoms with Crippen molar-refractivity contribution in [1.82, 2.24) is 20.1 Å². The van der Waals surface area contributed by atoms with Gasteiger partial charge < -0.3 is 15.0 Å². The van der Waals surface area contributed by atoms with Crippen molar-refractivity contribution in [2.45, 2.75) is 19.9 Å². The standard InChI is InChI=1S/C16H27N5OS.HI/c1-13-18-9-15(23-13)10-19-16(17-2)21-6-4-20(5-7-21)11-14-3-8-22-12-14;/h9,14H,3-8,10-12H2,1-2H3,(H,17,19);1H. The summed E-state index contributed by atoms with van der Waals surface area (Å²) in [7, 11) is 1.86. The number of hydrogen-bond donors (Lipinski definition) is 1. The molecule has 2 saturated heterocycles. The molecule has 0 amide bonds. The molecule has 0 aliphatic carbocycles. The van der Waals surface area contributed by atoms with E-state index in [9.17, 15) is 0 Å². The van der Waals surface area contributed by atoms with Crippen LogP contribution in [-0.4, -0.2) is 73.7 Å². The Hall–Kier alpha value is -0.450. The van der Waals surface area contributed by atoms with Crippen LogP contribution in [0, 0.1) is 12.8 Å². The molecule has 1 unspecified atom stereocenters. The molecule has 0 bridgehead atoms. The molecule has 0 aromatic carbocycles. The summed E-state index contributed by atoms with van der Waals surface area (Å²) in [6.07, 6.45) is 3.17. The summed E-state index contributed by atoms with van der Waals surface area (Å²) in [5.74, 6) is 1.73. The second-order valence-corrected chi connectivity index (χ2v) is 7.58. The molecule has 1 atom stereocenters. The van der Waals surface area contributed by atoms with E-state index in [0.717, 1.165) is 62.8 Å². The third-order valence-corrected chi connectivity index (χ3v) is 5.43. The van der Waals surface area contributed by atoms with Crippen LogP contribution in [0.3, 0.4) is 0 Å². The zero-order valence-electron chi connectivity index (χ0n) is 14.5. The first-order valence-corrected chi connectivity index (χ1v) is 9.23. The summed E-state index contributed by atoms with van der Waals surface area (Å²) < 4.78 is 5.48. The quantitative estimate of drug-likeness (QED) is 0.418. The van der Waals surface area contributed by atoms with Gasteiger partial charge >= 0.3 is 0 Å². The van der Waals surface area contributed by atoms with Crippen LogP contribution in [0.2, 0.25) is 0 Å². The van der Waals surface area contributed by atoms with Crippen molar-refractivity contribution in [1.29, 1.82) is 0 Å². The number of ether oxygens (including phenoxy) is 1. The molecule has 2 aliphatic rings. The molecular formula is C16H28IN5OS. The molecule has 0 saturated carbocycles. The van der Waals surface area contributed by atoms with Crippen LogP contribution in [0.4, 0.5) is 0 Å². The number of aliphatic imine (C=N–C) groups is 1. The molecular weight excluding hydrogens is 437 g/mol. The van der Waals surface area contributed by atoms with Gasteiger partial charge in [-0.25, -0.2) is 4.98 Å². The number of guanidine groups is 1. The number of piperazine rings is 1. The van der Waals surface area contributed by atoms with E-state index in [2.05, 4.69) is 25.1 Å². The predicted molar refractivity (Wildman–Crippen MR) is 109 cm³/mol. The number of nitrogens with one attached hydrogen (secondary N) is 1. The second kappa shape index (κ2) is 9.88. The first kappa shape index (κ1) is 19.9. The second-order valence-electron chi connectivity index (χ2n) is 6.26. The van der Waals surface area contributed by atoms with Crippen molar-refractivity contribution in [3.8, 4) is 0 Å². The highest BCUT2D eigenvalue weighted by atomic mass is 127. The van der Waals surface area contributed by atoms with Crippen molar-refractivity contribution >= 4 is 41.3 Å². The fraction of sp³-hybridized carbons (Fsp3) is 0.750. The highest BCUT2D eigenvalue weighted by Crippen LogP contribution is 2.15. The Morgan fingerprint density at radius 2 is 2.21 bits per heavy atom. The largest absolute Gasteiger partial charge is 0.381 e. The van der Waals surface area contributed by atoms with Crippen molar-refractivity contribution in [3.05, 3.63) is 16.1 Å². The van der Waals surface area contributed by atoms with Crippen LogP contribution in [0.25, 0.3) is 0 Å². The summed E-state index contributed by atoms with van der Waals surface area (Å²) in [5, 5.41) is 4.58. The number of halogens is 1. The van der Waals surface area contributed by atoms with Gasteiger partial charge in [-0.15, -0.1) is 35.3 Å². The summed E-state index contributed by atoms with van der Waals surface area (Å²) in [6.45, 7) is 10.2. The zero-order chi connectivity index (χ0) is 16.1. The number of thiazole rings is 1. The minimum Gasteiger partial charge on any atom is -0.381 e. The topological polar surface area (TPSA) is 53.0 Å². The van der Waals surface area contributed by atoms with Gasteiger partial charge in [0, 0.05) is 57.5 Å². The van der Waals surface area contributed by atoms with Gasteiger partial charge in [0.2, 0.25) is 0 Å². The molecule has 3 heterocycles. The Bertz CT molecular complexity index is 524. The Balaban J connectivity index is 0.00000208. The Morgan fingerprint density at radius 1 is 1.42 bits per heavy atom. The molecule has 0 radical (unpaired) electrons. The van der Waals surface area contributed by atoms with Crippen LogP contribution in [0.5, 0.6) is 0 Å². The van der Waals surface area contributed by atoms with E-state index in [-0.39, 0.29) is 24.0 Å². The van der Waals surface area contributed by atoms with E-state index in [4.69, 9.17) is 4.74 Å². The molecule has 8 heteroatoms. The van der Waals surface area contributed by atoms with Gasteiger partial charge in [0.15, 0.2) is 5.96 Å². The minimum absolute atomic E-state index is 0.